The molecule has 0 amide bonds. The SMILES string of the molecule is CCC1C(c2ccc3c(c2)oc2ccc(-c4ccc5nc(-c6ccc(-c7ccccc7)nc6)ccc5c4)cc23)=NC(c2ccccc2)=NC1c1ccccc1. The maximum atomic E-state index is 6.52. The number of fused-ring (bicyclic) bond motifs is 4. The molecule has 4 heterocycles. The van der Waals surface area contributed by atoms with Gasteiger partial charge in [-0.1, -0.05) is 122 Å². The summed E-state index contributed by atoms with van der Waals surface area (Å²) in [5.41, 5.74) is 13.2. The first kappa shape index (κ1) is 32.7. The molecule has 0 saturated heterocycles. The van der Waals surface area contributed by atoms with Crippen LogP contribution in [0.25, 0.3) is 66.5 Å². The molecule has 0 saturated carbocycles. The van der Waals surface area contributed by atoms with Crippen LogP contribution < -0.4 is 0 Å². The quantitative estimate of drug-likeness (QED) is 0.166. The first-order chi connectivity index (χ1) is 27.2. The van der Waals surface area contributed by atoms with Crippen LogP contribution >= 0.6 is 0 Å². The lowest BCUT2D eigenvalue weighted by Gasteiger charge is -2.29. The molecule has 262 valence electrons. The number of benzene rings is 6. The maximum Gasteiger partial charge on any atom is 0.155 e. The molecule has 1 aliphatic rings. The number of amidine groups is 1. The van der Waals surface area contributed by atoms with Gasteiger partial charge in [0.2, 0.25) is 0 Å². The van der Waals surface area contributed by atoms with Crippen LogP contribution in [0.5, 0.6) is 0 Å². The van der Waals surface area contributed by atoms with E-state index in [1.54, 1.807) is 0 Å². The van der Waals surface area contributed by atoms with Crippen LogP contribution in [-0.4, -0.2) is 21.5 Å². The van der Waals surface area contributed by atoms with Crippen molar-refractivity contribution >= 4 is 44.4 Å². The standard InChI is InChI=1S/C50H36N4O/c1-2-40-48(33-14-8-4-9-15-33)53-50(34-16-10-5-11-17-34)54-49(40)38-18-23-41-42-29-36(22-27-46(42)55-47(41)30-38)35-19-25-44-37(28-35)20-26-45(52-44)39-21-24-43(51-31-39)32-12-6-3-7-13-32/h3-31,40,48H,2H2,1H3. The highest BCUT2D eigenvalue weighted by Crippen LogP contribution is 2.39. The van der Waals surface area contributed by atoms with Crippen molar-refractivity contribution in [3.8, 4) is 33.6 Å². The van der Waals surface area contributed by atoms with Crippen molar-refractivity contribution in [2.45, 2.75) is 19.4 Å². The van der Waals surface area contributed by atoms with Gasteiger partial charge in [-0.25, -0.2) is 9.98 Å². The molecule has 0 fully saturated rings. The molecule has 5 heteroatoms. The Morgan fingerprint density at radius 3 is 1.98 bits per heavy atom. The second kappa shape index (κ2) is 13.8. The van der Waals surface area contributed by atoms with Gasteiger partial charge < -0.3 is 4.42 Å². The minimum atomic E-state index is -0.0324. The van der Waals surface area contributed by atoms with Crippen LogP contribution in [-0.2, 0) is 0 Å². The van der Waals surface area contributed by atoms with E-state index in [2.05, 4.69) is 140 Å². The zero-order chi connectivity index (χ0) is 36.7. The Morgan fingerprint density at radius 2 is 1.22 bits per heavy atom. The number of hydrogen-bond acceptors (Lipinski definition) is 5. The van der Waals surface area contributed by atoms with Crippen LogP contribution in [0.3, 0.4) is 0 Å². The van der Waals surface area contributed by atoms with Gasteiger partial charge in [-0.2, -0.15) is 0 Å². The van der Waals surface area contributed by atoms with Crippen molar-refractivity contribution in [2.75, 3.05) is 0 Å². The number of aromatic nitrogens is 2. The number of pyridine rings is 2. The zero-order valence-electron chi connectivity index (χ0n) is 30.3. The second-order valence-corrected chi connectivity index (χ2v) is 14.1. The number of furan rings is 1. The maximum absolute atomic E-state index is 6.52. The Hall–Kier alpha value is -6.98. The first-order valence-electron chi connectivity index (χ1n) is 18.8. The number of aliphatic imine (C=N–C) groups is 2. The molecule has 6 aromatic carbocycles. The molecule has 10 rings (SSSR count). The largest absolute Gasteiger partial charge is 0.456 e. The van der Waals surface area contributed by atoms with Crippen molar-refractivity contribution in [1.29, 1.82) is 0 Å². The van der Waals surface area contributed by atoms with Crippen LogP contribution in [0.2, 0.25) is 0 Å². The summed E-state index contributed by atoms with van der Waals surface area (Å²) in [5, 5.41) is 3.26. The summed E-state index contributed by atoms with van der Waals surface area (Å²) >= 11 is 0. The highest BCUT2D eigenvalue weighted by atomic mass is 16.3. The second-order valence-electron chi connectivity index (χ2n) is 14.1. The van der Waals surface area contributed by atoms with Gasteiger partial charge in [0.15, 0.2) is 5.84 Å². The fourth-order valence-electron chi connectivity index (χ4n) is 7.88. The molecular weight excluding hydrogens is 673 g/mol. The molecule has 2 atom stereocenters. The van der Waals surface area contributed by atoms with Crippen LogP contribution in [0.4, 0.5) is 0 Å². The van der Waals surface area contributed by atoms with E-state index in [-0.39, 0.29) is 12.0 Å². The summed E-state index contributed by atoms with van der Waals surface area (Å²) < 4.78 is 6.52. The molecule has 9 aromatic rings. The van der Waals surface area contributed by atoms with E-state index >= 15 is 0 Å². The Labute approximate surface area is 319 Å². The molecule has 3 aromatic heterocycles. The van der Waals surface area contributed by atoms with E-state index in [4.69, 9.17) is 24.4 Å². The molecule has 55 heavy (non-hydrogen) atoms. The van der Waals surface area contributed by atoms with Crippen molar-refractivity contribution < 1.29 is 4.42 Å². The summed E-state index contributed by atoms with van der Waals surface area (Å²) in [4.78, 5) is 20.2. The molecular formula is C50H36N4O. The van der Waals surface area contributed by atoms with Crippen molar-refractivity contribution in [3.05, 3.63) is 193 Å². The Morgan fingerprint density at radius 1 is 0.527 bits per heavy atom. The molecule has 2 unspecified atom stereocenters. The van der Waals surface area contributed by atoms with E-state index in [0.717, 1.165) is 95.6 Å². The van der Waals surface area contributed by atoms with Gasteiger partial charge in [0.05, 0.1) is 28.7 Å². The summed E-state index contributed by atoms with van der Waals surface area (Å²) in [6.45, 7) is 2.23. The fourth-order valence-corrected chi connectivity index (χ4v) is 7.88. The van der Waals surface area contributed by atoms with Crippen molar-refractivity contribution in [2.24, 2.45) is 15.9 Å². The average molecular weight is 709 g/mol. The average Bonchev–Trinajstić information content (AvgIpc) is 3.64. The smallest absolute Gasteiger partial charge is 0.155 e. The number of rotatable bonds is 7. The normalized spacial score (nSPS) is 15.7. The van der Waals surface area contributed by atoms with Crippen molar-refractivity contribution in [3.63, 3.8) is 0 Å². The van der Waals surface area contributed by atoms with Gasteiger partial charge in [0.25, 0.3) is 0 Å². The minimum Gasteiger partial charge on any atom is -0.456 e. The molecule has 0 spiro atoms. The van der Waals surface area contributed by atoms with Gasteiger partial charge >= 0.3 is 0 Å². The van der Waals surface area contributed by atoms with E-state index < -0.39 is 0 Å². The minimum absolute atomic E-state index is 0.0324. The predicted molar refractivity (Wildman–Crippen MR) is 226 cm³/mol. The Balaban J connectivity index is 0.970. The van der Waals surface area contributed by atoms with Crippen LogP contribution in [0.15, 0.2) is 190 Å². The monoisotopic (exact) mass is 708 g/mol. The lowest BCUT2D eigenvalue weighted by molar-refractivity contribution is 0.532. The lowest BCUT2D eigenvalue weighted by atomic mass is 9.83. The van der Waals surface area contributed by atoms with Crippen LogP contribution in [0, 0.1) is 5.92 Å². The van der Waals surface area contributed by atoms with Gasteiger partial charge in [-0.15, -0.1) is 0 Å². The summed E-state index contributed by atoms with van der Waals surface area (Å²) in [6, 6.07) is 58.9. The van der Waals surface area contributed by atoms with E-state index in [9.17, 15) is 0 Å². The molecule has 0 bridgehead atoms. The molecule has 0 N–H and O–H groups in total. The highest BCUT2D eigenvalue weighted by Gasteiger charge is 2.32. The lowest BCUT2D eigenvalue weighted by Crippen LogP contribution is -2.28. The predicted octanol–water partition coefficient (Wildman–Crippen LogP) is 12.5. The van der Waals surface area contributed by atoms with Crippen LogP contribution in [0.1, 0.15) is 36.1 Å². The van der Waals surface area contributed by atoms with Gasteiger partial charge in [-0.3, -0.25) is 9.98 Å². The number of hydrogen-bond donors (Lipinski definition) is 0. The Kier molecular flexibility index (Phi) is 8.18. The molecule has 5 nitrogen and oxygen atoms in total. The van der Waals surface area contributed by atoms with E-state index in [0.29, 0.717) is 0 Å². The Bertz CT molecular complexity index is 2900. The number of nitrogens with zero attached hydrogens (tertiary/aromatic N) is 4. The van der Waals surface area contributed by atoms with Gasteiger partial charge in [0, 0.05) is 50.5 Å². The topological polar surface area (TPSA) is 63.6 Å². The van der Waals surface area contributed by atoms with Gasteiger partial charge in [0.1, 0.15) is 11.2 Å². The zero-order valence-corrected chi connectivity index (χ0v) is 30.3. The first-order valence-corrected chi connectivity index (χ1v) is 18.8. The third-order valence-electron chi connectivity index (χ3n) is 10.8. The highest BCUT2D eigenvalue weighted by molar-refractivity contribution is 6.17. The third-order valence-corrected chi connectivity index (χ3v) is 10.8. The molecule has 0 radical (unpaired) electrons. The summed E-state index contributed by atoms with van der Waals surface area (Å²) in [7, 11) is 0. The molecule has 1 aliphatic heterocycles. The summed E-state index contributed by atoms with van der Waals surface area (Å²) in [5.74, 6) is 0.887. The van der Waals surface area contributed by atoms with E-state index in [1.807, 2.05) is 42.6 Å². The van der Waals surface area contributed by atoms with Gasteiger partial charge in [-0.05, 0) is 77.7 Å². The summed E-state index contributed by atoms with van der Waals surface area (Å²) in [6.07, 6.45) is 2.81. The fraction of sp³-hybridized carbons (Fsp3) is 0.0800. The third kappa shape index (κ3) is 6.10. The van der Waals surface area contributed by atoms with E-state index in [1.165, 1.54) is 5.56 Å². The molecule has 0 aliphatic carbocycles. The van der Waals surface area contributed by atoms with Crippen molar-refractivity contribution in [1.82, 2.24) is 9.97 Å².